The molecule has 0 aliphatic carbocycles. The monoisotopic (exact) mass is 1280 g/mol. The fourth-order valence-corrected chi connectivity index (χ4v) is 14.6. The summed E-state index contributed by atoms with van der Waals surface area (Å²) in [5.41, 5.74) is 12.7. The topological polar surface area (TPSA) is 40.5 Å². The van der Waals surface area contributed by atoms with E-state index >= 15 is 0 Å². The number of benzene rings is 18. The van der Waals surface area contributed by atoms with Gasteiger partial charge in [-0.2, -0.15) is 0 Å². The first-order chi connectivity index (χ1) is 45.4. The van der Waals surface area contributed by atoms with Crippen LogP contribution in [0, 0.1) is 3.57 Å². The van der Waals surface area contributed by atoms with Gasteiger partial charge >= 0.3 is 7.12 Å². The van der Waals surface area contributed by atoms with Crippen LogP contribution in [0.4, 0.5) is 0 Å². The Morgan fingerprint density at radius 3 is 0.870 bits per heavy atom. The minimum atomic E-state index is -1.54. The molecule has 4 heteroatoms. The standard InChI is InChI=1S/C44H28.C30H21BO2.C14H9I/c1-2-11-33-27-34(23-19-29(33)9-1)30-17-21-32(22-18-30)43-39-13-5-7-15-41(39)44(42-16-8-6-14-40(42)43)36-25-26-38-35(28-36)24-20-31-10-3-4-12-37(31)38;32-31(33)30-27-11-5-3-9-25(27)29(26-10-4-6-12-28(26)30)22-16-13-21(14-17-22)24-18-15-20-7-1-2-8-23(20)19-24;15-12-7-8-14-11(9-12)6-5-10-3-1-2-4-13(10)14/h1-28H;1-19,32-33H;1-9H. The summed E-state index contributed by atoms with van der Waals surface area (Å²) < 4.78 is 1.29. The van der Waals surface area contributed by atoms with Gasteiger partial charge in [0.05, 0.1) is 0 Å². The van der Waals surface area contributed by atoms with Crippen molar-refractivity contribution in [3.63, 3.8) is 0 Å². The normalized spacial score (nSPS) is 11.4. The number of hydrogen-bond acceptors (Lipinski definition) is 2. The van der Waals surface area contributed by atoms with Crippen molar-refractivity contribution in [2.45, 2.75) is 0 Å². The fourth-order valence-electron chi connectivity index (χ4n) is 14.1. The van der Waals surface area contributed by atoms with Gasteiger partial charge in [-0.25, -0.2) is 0 Å². The van der Waals surface area contributed by atoms with Crippen LogP contribution in [0.1, 0.15) is 0 Å². The Morgan fingerprint density at radius 1 is 0.185 bits per heavy atom. The molecule has 2 N–H and O–H groups in total. The highest BCUT2D eigenvalue weighted by Crippen LogP contribution is 2.45. The van der Waals surface area contributed by atoms with Crippen molar-refractivity contribution in [3.05, 3.63) is 343 Å². The lowest BCUT2D eigenvalue weighted by Crippen LogP contribution is -2.31. The molecule has 0 saturated heterocycles. The summed E-state index contributed by atoms with van der Waals surface area (Å²) in [7, 11) is -1.54. The smallest absolute Gasteiger partial charge is 0.423 e. The molecule has 18 aromatic carbocycles. The molecule has 0 amide bonds. The predicted molar refractivity (Wildman–Crippen MR) is 404 cm³/mol. The zero-order valence-electron chi connectivity index (χ0n) is 50.2. The van der Waals surface area contributed by atoms with Crippen LogP contribution in [0.3, 0.4) is 0 Å². The molecule has 18 aromatic rings. The molecule has 0 fully saturated rings. The molecule has 18 rings (SSSR count). The summed E-state index contributed by atoms with van der Waals surface area (Å²) in [6, 6.07) is 121. The lowest BCUT2D eigenvalue weighted by atomic mass is 9.72. The first kappa shape index (κ1) is 56.5. The maximum atomic E-state index is 10.2. The third-order valence-corrected chi connectivity index (χ3v) is 19.1. The molecule has 92 heavy (non-hydrogen) atoms. The summed E-state index contributed by atoms with van der Waals surface area (Å²) in [4.78, 5) is 0. The van der Waals surface area contributed by atoms with Crippen LogP contribution in [-0.2, 0) is 0 Å². The highest BCUT2D eigenvalue weighted by atomic mass is 127. The van der Waals surface area contributed by atoms with Crippen LogP contribution in [-0.4, -0.2) is 17.2 Å². The van der Waals surface area contributed by atoms with Gasteiger partial charge in [0.1, 0.15) is 0 Å². The van der Waals surface area contributed by atoms with E-state index in [2.05, 4.69) is 326 Å². The summed E-state index contributed by atoms with van der Waals surface area (Å²) in [5.74, 6) is 0. The van der Waals surface area contributed by atoms with Crippen LogP contribution in [0.15, 0.2) is 340 Å². The minimum Gasteiger partial charge on any atom is -0.423 e. The predicted octanol–water partition coefficient (Wildman–Crippen LogP) is 23.2. The van der Waals surface area contributed by atoms with Crippen molar-refractivity contribution < 1.29 is 10.0 Å². The van der Waals surface area contributed by atoms with E-state index in [1.807, 2.05) is 36.4 Å². The molecule has 0 radical (unpaired) electrons. The highest BCUT2D eigenvalue weighted by molar-refractivity contribution is 14.1. The fraction of sp³-hybridized carbons (Fsp3) is 0. The van der Waals surface area contributed by atoms with Crippen molar-refractivity contribution in [2.75, 3.05) is 0 Å². The zero-order valence-corrected chi connectivity index (χ0v) is 52.3. The lowest BCUT2D eigenvalue weighted by molar-refractivity contribution is 0.426. The summed E-state index contributed by atoms with van der Waals surface area (Å²) in [6.07, 6.45) is 0. The van der Waals surface area contributed by atoms with E-state index in [0.717, 1.165) is 32.7 Å². The van der Waals surface area contributed by atoms with Gasteiger partial charge in [-0.05, 0) is 222 Å². The summed E-state index contributed by atoms with van der Waals surface area (Å²) in [6.45, 7) is 0. The number of halogens is 1. The van der Waals surface area contributed by atoms with Gasteiger partial charge in [0.25, 0.3) is 0 Å². The average molecular weight is 1290 g/mol. The molecule has 0 aromatic heterocycles. The third-order valence-electron chi connectivity index (χ3n) is 18.4. The molecule has 432 valence electrons. The Bertz CT molecular complexity index is 5760. The van der Waals surface area contributed by atoms with Gasteiger partial charge in [0.15, 0.2) is 0 Å². The molecule has 0 bridgehead atoms. The zero-order chi connectivity index (χ0) is 61.7. The molecule has 0 aliphatic heterocycles. The van der Waals surface area contributed by atoms with Gasteiger partial charge in [-0.15, -0.1) is 0 Å². The van der Waals surface area contributed by atoms with E-state index in [9.17, 15) is 10.0 Å². The lowest BCUT2D eigenvalue weighted by Gasteiger charge is -2.18. The average Bonchev–Trinajstić information content (AvgIpc) is 0.762. The summed E-state index contributed by atoms with van der Waals surface area (Å²) in [5, 5.41) is 44.7. The Kier molecular flexibility index (Phi) is 14.9. The largest absolute Gasteiger partial charge is 0.489 e. The van der Waals surface area contributed by atoms with Crippen molar-refractivity contribution in [1.82, 2.24) is 0 Å². The third kappa shape index (κ3) is 10.5. The van der Waals surface area contributed by atoms with Gasteiger partial charge < -0.3 is 10.0 Å². The molecular weight excluding hydrogens is 1230 g/mol. The molecule has 2 nitrogen and oxygen atoms in total. The Labute approximate surface area is 547 Å². The van der Waals surface area contributed by atoms with Crippen molar-refractivity contribution in [2.24, 2.45) is 0 Å². The van der Waals surface area contributed by atoms with Gasteiger partial charge in [0.2, 0.25) is 0 Å². The second-order valence-electron chi connectivity index (χ2n) is 23.7. The second-order valence-corrected chi connectivity index (χ2v) is 25.0. The Balaban J connectivity index is 0.000000123. The van der Waals surface area contributed by atoms with E-state index in [1.54, 1.807) is 0 Å². The quantitative estimate of drug-likeness (QED) is 0.0754. The number of hydrogen-bond donors (Lipinski definition) is 2. The molecule has 0 heterocycles. The molecule has 0 aliphatic rings. The van der Waals surface area contributed by atoms with E-state index in [4.69, 9.17) is 0 Å². The maximum absolute atomic E-state index is 10.2. The SMILES string of the molecule is Ic1ccc2c(ccc3ccccc32)c1.OB(O)c1c2ccccc2c(-c2ccc(-c3ccc4ccccc4c3)cc2)c2ccccc12.c1ccc2cc(-c3ccc(-c4c5ccccc5c(-c5ccc6c(ccc7ccccc76)c5)c5ccccc45)cc3)ccc2c1. The van der Waals surface area contributed by atoms with E-state index in [-0.39, 0.29) is 0 Å². The molecule has 0 saturated carbocycles. The van der Waals surface area contributed by atoms with Crippen LogP contribution in [0.5, 0.6) is 0 Å². The maximum Gasteiger partial charge on any atom is 0.489 e. The molecule has 0 spiro atoms. The van der Waals surface area contributed by atoms with Crippen molar-refractivity contribution >= 4 is 143 Å². The summed E-state index contributed by atoms with van der Waals surface area (Å²) >= 11 is 2.35. The van der Waals surface area contributed by atoms with Crippen molar-refractivity contribution in [3.8, 4) is 55.6 Å². The first-order valence-electron chi connectivity index (χ1n) is 31.3. The van der Waals surface area contributed by atoms with Gasteiger partial charge in [0, 0.05) is 3.57 Å². The van der Waals surface area contributed by atoms with E-state index < -0.39 is 7.12 Å². The van der Waals surface area contributed by atoms with Crippen LogP contribution in [0.2, 0.25) is 0 Å². The van der Waals surface area contributed by atoms with Crippen LogP contribution < -0.4 is 5.46 Å². The molecular formula is C88H58BIO2. The number of rotatable bonds is 6. The van der Waals surface area contributed by atoms with Crippen molar-refractivity contribution in [1.29, 1.82) is 0 Å². The van der Waals surface area contributed by atoms with Gasteiger partial charge in [-0.3, -0.25) is 0 Å². The Morgan fingerprint density at radius 2 is 0.446 bits per heavy atom. The van der Waals surface area contributed by atoms with Gasteiger partial charge in [-0.1, -0.05) is 309 Å². The Hall–Kier alpha value is -10.7. The van der Waals surface area contributed by atoms with E-state index in [0.29, 0.717) is 5.46 Å². The molecule has 0 atom stereocenters. The number of fused-ring (bicyclic) bond motifs is 12. The first-order valence-corrected chi connectivity index (χ1v) is 32.4. The van der Waals surface area contributed by atoms with E-state index in [1.165, 1.54) is 134 Å². The second kappa shape index (κ2) is 24.2. The highest BCUT2D eigenvalue weighted by Gasteiger charge is 2.23. The van der Waals surface area contributed by atoms with Crippen LogP contribution >= 0.6 is 22.6 Å². The minimum absolute atomic E-state index is 0.553. The van der Waals surface area contributed by atoms with Crippen LogP contribution in [0.25, 0.3) is 163 Å². The molecule has 0 unspecified atom stereocenters.